The van der Waals surface area contributed by atoms with Crippen molar-refractivity contribution in [3.05, 3.63) is 143 Å². The molecule has 2 aliphatic carbocycles. The molecule has 0 radical (unpaired) electrons. The van der Waals surface area contributed by atoms with Crippen LogP contribution in [-0.4, -0.2) is 36.1 Å². The molecule has 2 aliphatic heterocycles. The number of hydrogen-bond acceptors (Lipinski definition) is 6. The van der Waals surface area contributed by atoms with Crippen LogP contribution in [0, 0.1) is 13.8 Å². The molecule has 0 fully saturated rings. The Bertz CT molecular complexity index is 2580. The molecule has 2 N–H and O–H groups in total. The molecule has 0 saturated carbocycles. The average molecular weight is 924 g/mol. The summed E-state index contributed by atoms with van der Waals surface area (Å²) in [5, 5.41) is 9.25. The fourth-order valence-corrected chi connectivity index (χ4v) is 6.69. The Hall–Kier alpha value is -4.50. The second-order valence-corrected chi connectivity index (χ2v) is 41.7. The number of rotatable bonds is 8. The van der Waals surface area contributed by atoms with Gasteiger partial charge in [-0.05, 0) is 101 Å². The number of benzene rings is 6. The van der Waals surface area contributed by atoms with Crippen molar-refractivity contribution in [2.75, 3.05) is 36.8 Å². The van der Waals surface area contributed by atoms with Crippen molar-refractivity contribution in [2.45, 2.75) is 41.5 Å². The van der Waals surface area contributed by atoms with Gasteiger partial charge in [0.15, 0.2) is 22.7 Å². The van der Waals surface area contributed by atoms with E-state index in [2.05, 4.69) is 110 Å². The quantitative estimate of drug-likeness (QED) is 0.0898. The molecule has 4 aromatic carbocycles. The standard InChI is InChI=1S/2C23H23N3O.4ClH.Zn/c2*1-4-26(5-2)18-11-13-21-23(15-18)27-22-14-17(10-12-20(22)25-21)24-19-9-7-6-8-16(19)3;;;;;/h2*6-15H,4-5H2,1-3H3;4*1H;/q;;;;;;+2/p-2. The number of hydrogen-bond donors (Lipinski definition) is 2. The summed E-state index contributed by atoms with van der Waals surface area (Å²) in [6.45, 7) is 16.7. The Balaban J connectivity index is 0.000000178. The van der Waals surface area contributed by atoms with Crippen LogP contribution in [0.3, 0.4) is 0 Å². The Labute approximate surface area is 364 Å². The molecule has 0 aromatic heterocycles. The molecule has 4 aliphatic rings. The SMILES string of the molecule is CC[N+](CC)=c1ccc2nc3ccc(Nc4ccccc4C)cc3oc-2c1.CC[N+](CC)=c1ccc2nc3ccc(Nc4ccccc4C)cc3oc-2c1.[Cl][Zn-2]([Cl])([Cl])[Cl]. The number of nitrogens with zero attached hydrogens (tertiary/aromatic N) is 4. The summed E-state index contributed by atoms with van der Waals surface area (Å²) in [4.78, 5) is 9.51. The van der Waals surface area contributed by atoms with Crippen LogP contribution in [0.1, 0.15) is 38.8 Å². The van der Waals surface area contributed by atoms with Crippen LogP contribution in [0.2, 0.25) is 0 Å². The Morgan fingerprint density at radius 3 is 1.24 bits per heavy atom. The number of fused-ring (bicyclic) bond motifs is 4. The van der Waals surface area contributed by atoms with Crippen LogP contribution in [0.25, 0.3) is 45.1 Å². The predicted molar refractivity (Wildman–Crippen MR) is 246 cm³/mol. The van der Waals surface area contributed by atoms with Gasteiger partial charge >= 0.3 is 49.6 Å². The summed E-state index contributed by atoms with van der Waals surface area (Å²) < 4.78 is 17.0. The molecule has 0 atom stereocenters. The van der Waals surface area contributed by atoms with E-state index in [1.807, 2.05) is 72.8 Å². The van der Waals surface area contributed by atoms with Crippen molar-refractivity contribution < 1.29 is 19.6 Å². The van der Waals surface area contributed by atoms with Crippen LogP contribution in [0.4, 0.5) is 22.7 Å². The van der Waals surface area contributed by atoms with Crippen molar-refractivity contribution >= 4 is 83.7 Å². The normalized spacial score (nSPS) is 11.2. The van der Waals surface area contributed by atoms with E-state index >= 15 is 0 Å². The molecule has 2 heterocycles. The summed E-state index contributed by atoms with van der Waals surface area (Å²) >= 11 is 0. The van der Waals surface area contributed by atoms with Gasteiger partial charge in [-0.2, -0.15) is 0 Å². The molecule has 0 unspecified atom stereocenters. The van der Waals surface area contributed by atoms with Gasteiger partial charge in [-0.3, -0.25) is 0 Å². The number of halogens is 4. The van der Waals surface area contributed by atoms with Gasteiger partial charge in [-0.25, -0.2) is 19.1 Å². The molecule has 0 saturated heterocycles. The van der Waals surface area contributed by atoms with E-state index in [4.69, 9.17) is 57.6 Å². The summed E-state index contributed by atoms with van der Waals surface area (Å²) in [7, 11) is 16.8. The molecule has 0 amide bonds. The first-order valence-electron chi connectivity index (χ1n) is 19.9. The summed E-state index contributed by atoms with van der Waals surface area (Å²) in [6.07, 6.45) is 0. The van der Waals surface area contributed by atoms with E-state index in [1.165, 1.54) is 11.1 Å². The second kappa shape index (κ2) is 20.2. The van der Waals surface area contributed by atoms with Crippen molar-refractivity contribution in [1.82, 2.24) is 19.1 Å². The van der Waals surface area contributed by atoms with Crippen molar-refractivity contribution in [2.24, 2.45) is 0 Å². The molecule has 0 spiro atoms. The second-order valence-electron chi connectivity index (χ2n) is 13.9. The molecular weight excluding hydrogens is 876 g/mol. The first-order chi connectivity index (χ1) is 28.3. The molecule has 59 heavy (non-hydrogen) atoms. The predicted octanol–water partition coefficient (Wildman–Crippen LogP) is 12.3. The van der Waals surface area contributed by atoms with Crippen molar-refractivity contribution in [3.8, 4) is 22.9 Å². The number of para-hydroxylation sites is 2. The van der Waals surface area contributed by atoms with Crippen LogP contribution in [0.5, 0.6) is 0 Å². The zero-order valence-corrected chi connectivity index (χ0v) is 40.2. The first kappa shape index (κ1) is 44.1. The van der Waals surface area contributed by atoms with Gasteiger partial charge in [0.05, 0.1) is 12.1 Å². The molecule has 13 heteroatoms. The maximum absolute atomic E-state index is 6.21. The molecule has 8 nitrogen and oxygen atoms in total. The van der Waals surface area contributed by atoms with E-state index < -0.39 is 10.8 Å². The van der Waals surface area contributed by atoms with Crippen molar-refractivity contribution in [3.63, 3.8) is 0 Å². The molecule has 304 valence electrons. The summed E-state index contributed by atoms with van der Waals surface area (Å²) in [6, 6.07) is 41.0. The minimum absolute atomic E-state index is 0.776. The zero-order valence-electron chi connectivity index (χ0n) is 34.2. The van der Waals surface area contributed by atoms with Gasteiger partial charge in [-0.15, -0.1) is 0 Å². The van der Waals surface area contributed by atoms with Gasteiger partial charge in [0.2, 0.25) is 10.7 Å². The molecule has 4 aromatic rings. The fraction of sp³-hybridized carbons (Fsp3) is 0.217. The third-order valence-electron chi connectivity index (χ3n) is 9.83. The van der Waals surface area contributed by atoms with Crippen molar-refractivity contribution in [1.29, 1.82) is 0 Å². The van der Waals surface area contributed by atoms with E-state index in [-0.39, 0.29) is 0 Å². The van der Waals surface area contributed by atoms with Gasteiger partial charge < -0.3 is 19.5 Å². The Kier molecular flexibility index (Phi) is 15.1. The van der Waals surface area contributed by atoms with E-state index in [1.54, 1.807) is 0 Å². The third kappa shape index (κ3) is 11.8. The number of aromatic nitrogens is 2. The fourth-order valence-electron chi connectivity index (χ4n) is 6.69. The average Bonchev–Trinajstić information content (AvgIpc) is 3.21. The van der Waals surface area contributed by atoms with E-state index in [0.29, 0.717) is 0 Å². The topological polar surface area (TPSA) is 82.1 Å². The monoisotopic (exact) mass is 920 g/mol. The molecular formula is C46H48Cl4N6O2Zn. The summed E-state index contributed by atoms with van der Waals surface area (Å²) in [5.41, 5.74) is 11.6. The Morgan fingerprint density at radius 1 is 0.508 bits per heavy atom. The first-order valence-corrected chi connectivity index (χ1v) is 35.5. The molecule has 0 bridgehead atoms. The summed E-state index contributed by atoms with van der Waals surface area (Å²) in [5.74, 6) is 1.61. The van der Waals surface area contributed by atoms with Gasteiger partial charge in [0.25, 0.3) is 0 Å². The molecule has 8 rings (SSSR count). The van der Waals surface area contributed by atoms with Crippen LogP contribution in [0.15, 0.2) is 130 Å². The zero-order chi connectivity index (χ0) is 42.1. The Morgan fingerprint density at radius 2 is 0.881 bits per heavy atom. The minimum atomic E-state index is -3.36. The van der Waals surface area contributed by atoms with Gasteiger partial charge in [0.1, 0.15) is 48.6 Å². The van der Waals surface area contributed by atoms with Crippen LogP contribution < -0.4 is 30.5 Å². The number of anilines is 4. The number of nitrogens with one attached hydrogen (secondary N) is 2. The maximum atomic E-state index is 6.21. The third-order valence-corrected chi connectivity index (χ3v) is 9.83. The number of aryl methyl sites for hydroxylation is 2. The van der Waals surface area contributed by atoms with Crippen LogP contribution >= 0.6 is 38.8 Å². The van der Waals surface area contributed by atoms with Gasteiger partial charge in [-0.1, -0.05) is 36.4 Å². The van der Waals surface area contributed by atoms with E-state index in [9.17, 15) is 0 Å². The van der Waals surface area contributed by atoms with E-state index in [0.717, 1.165) is 105 Å². The van der Waals surface area contributed by atoms with Gasteiger partial charge in [0, 0.05) is 47.0 Å². The van der Waals surface area contributed by atoms with Crippen LogP contribution in [-0.2, 0) is 10.8 Å².